The van der Waals surface area contributed by atoms with Gasteiger partial charge in [0.2, 0.25) is 11.8 Å². The number of carbonyl (C=O) groups is 3. The Morgan fingerprint density at radius 1 is 0.931 bits per heavy atom. The van der Waals surface area contributed by atoms with Crippen LogP contribution >= 0.6 is 19.9 Å². The average molecular weight is 1030 g/mol. The third-order valence-corrected chi connectivity index (χ3v) is 14.1. The molecule has 4 heterocycles. The fraction of sp³-hybridized carbons (Fsp3) is 0.250. The van der Waals surface area contributed by atoms with Gasteiger partial charge in [-0.25, -0.2) is 9.59 Å². The number of phenols is 1. The van der Waals surface area contributed by atoms with E-state index in [-0.39, 0.29) is 88.3 Å². The molecule has 2 aromatic heterocycles. The predicted octanol–water partition coefficient (Wildman–Crippen LogP) is 4.90. The van der Waals surface area contributed by atoms with Crippen LogP contribution in [-0.4, -0.2) is 101 Å². The molecule has 2 amide bonds. The van der Waals surface area contributed by atoms with Crippen molar-refractivity contribution in [2.24, 2.45) is 0 Å². The Bertz CT molecular complexity index is 3340. The van der Waals surface area contributed by atoms with Crippen LogP contribution in [0.4, 0.5) is 0 Å². The summed E-state index contributed by atoms with van der Waals surface area (Å²) in [5.41, 5.74) is 5.60. The van der Waals surface area contributed by atoms with E-state index in [2.05, 4.69) is 15.8 Å². The van der Waals surface area contributed by atoms with E-state index in [0.717, 1.165) is 21.9 Å². The lowest BCUT2D eigenvalue weighted by atomic mass is 9.89. The van der Waals surface area contributed by atoms with Gasteiger partial charge in [-0.05, 0) is 85.5 Å². The molecule has 9 N–H and O–H groups in total. The molecule has 22 nitrogen and oxygen atoms in total. The Morgan fingerprint density at radius 2 is 1.71 bits per heavy atom. The molecule has 1 saturated heterocycles. The molecule has 376 valence electrons. The number of hydrazine groups is 1. The minimum atomic E-state index is -3.90. The molecule has 1 aliphatic carbocycles. The number of aromatic amines is 1. The third-order valence-electron chi connectivity index (χ3n) is 11.6. The molecule has 3 aliphatic rings. The van der Waals surface area contributed by atoms with Crippen molar-refractivity contribution in [1.29, 1.82) is 0 Å². The Kier molecular flexibility index (Phi) is 15.3. The van der Waals surface area contributed by atoms with Crippen molar-refractivity contribution in [3.63, 3.8) is 0 Å². The Hall–Kier alpha value is -7.34. The molecule has 4 atom stereocenters. The number of nitrogens with one attached hydrogen (secondary N) is 3. The Morgan fingerprint density at radius 3 is 2.46 bits per heavy atom. The number of hydrogen-bond donors (Lipinski definition) is 9. The summed E-state index contributed by atoms with van der Waals surface area (Å²) in [6, 6.07) is 20.4. The molecule has 24 heteroatoms. The molecule has 3 aromatic carbocycles. The molecule has 8 rings (SSSR count). The number of aryl methyl sites for hydroxylation is 2. The van der Waals surface area contributed by atoms with Gasteiger partial charge in [-0.3, -0.25) is 44.1 Å². The SMILES string of the molecule is CO[P+](O)(OCCSc1cc(O)n(-c2ccc(CCCC(=O)NNC(=O)c3ccc(C(=O)O)c(-c4c5ccc(=O)cc-5oc5cc(O)ccc45)c3)cc2)c1O)OC[C@H]1O[C@@H](n2cc(C)c(=O)[nH]c2=O)CC1O. The highest BCUT2D eigenvalue weighted by Crippen LogP contribution is 2.58. The number of carboxylic acid groups (broad SMARTS) is 1. The van der Waals surface area contributed by atoms with E-state index in [1.165, 1.54) is 85.5 Å². The number of phenolic OH excluding ortho intramolecular Hbond substituents is 1. The fourth-order valence-electron chi connectivity index (χ4n) is 8.03. The van der Waals surface area contributed by atoms with Crippen LogP contribution < -0.4 is 27.5 Å². The highest BCUT2D eigenvalue weighted by Gasteiger charge is 2.46. The van der Waals surface area contributed by atoms with Gasteiger partial charge in [0.05, 0.1) is 29.4 Å². The molecule has 0 spiro atoms. The van der Waals surface area contributed by atoms with Gasteiger partial charge in [0.1, 0.15) is 42.6 Å². The predicted molar refractivity (Wildman–Crippen MR) is 260 cm³/mol. The van der Waals surface area contributed by atoms with Crippen molar-refractivity contribution in [3.05, 3.63) is 144 Å². The van der Waals surface area contributed by atoms with Crippen LogP contribution in [0.25, 0.3) is 39.1 Å². The quantitative estimate of drug-likeness (QED) is 0.0181. The maximum Gasteiger partial charge on any atom is 0.572 e. The zero-order chi connectivity index (χ0) is 51.4. The van der Waals surface area contributed by atoms with Crippen LogP contribution in [0.5, 0.6) is 17.5 Å². The van der Waals surface area contributed by atoms with E-state index in [1.54, 1.807) is 24.3 Å². The largest absolute Gasteiger partial charge is 0.572 e. The summed E-state index contributed by atoms with van der Waals surface area (Å²) < 4.78 is 30.2. The van der Waals surface area contributed by atoms with Crippen molar-refractivity contribution < 1.29 is 67.5 Å². The zero-order valence-corrected chi connectivity index (χ0v) is 40.0. The number of aliphatic hydroxyl groups excluding tert-OH is 1. The second kappa shape index (κ2) is 21.6. The first kappa shape index (κ1) is 51.0. The number of nitrogens with zero attached hydrogens (tertiary/aromatic N) is 2. The zero-order valence-electron chi connectivity index (χ0n) is 38.3. The van der Waals surface area contributed by atoms with Gasteiger partial charge >= 0.3 is 19.8 Å². The summed E-state index contributed by atoms with van der Waals surface area (Å²) >= 11 is 1.11. The van der Waals surface area contributed by atoms with Crippen molar-refractivity contribution in [3.8, 4) is 45.6 Å². The lowest BCUT2D eigenvalue weighted by Gasteiger charge is -2.18. The van der Waals surface area contributed by atoms with Gasteiger partial charge in [0, 0.05) is 70.6 Å². The van der Waals surface area contributed by atoms with Crippen molar-refractivity contribution >= 4 is 48.7 Å². The lowest BCUT2D eigenvalue weighted by molar-refractivity contribution is -0.121. The van der Waals surface area contributed by atoms with Crippen molar-refractivity contribution in [2.45, 2.75) is 55.9 Å². The average Bonchev–Trinajstić information content (AvgIpc) is 3.87. The van der Waals surface area contributed by atoms with Crippen LogP contribution in [0.2, 0.25) is 0 Å². The van der Waals surface area contributed by atoms with E-state index in [9.17, 15) is 59.2 Å². The van der Waals surface area contributed by atoms with Crippen LogP contribution in [0.3, 0.4) is 0 Å². The van der Waals surface area contributed by atoms with E-state index in [4.69, 9.17) is 22.7 Å². The first-order chi connectivity index (χ1) is 34.4. The molecule has 2 aliphatic heterocycles. The van der Waals surface area contributed by atoms with Crippen molar-refractivity contribution in [1.82, 2.24) is 25.0 Å². The summed E-state index contributed by atoms with van der Waals surface area (Å²) in [6.45, 7) is 1.05. The molecule has 0 radical (unpaired) electrons. The number of thioether (sulfide) groups is 1. The smallest absolute Gasteiger partial charge is 0.508 e. The molecule has 0 saturated carbocycles. The van der Waals surface area contributed by atoms with Gasteiger partial charge in [0.15, 0.2) is 11.3 Å². The number of ether oxygens (including phenoxy) is 1. The summed E-state index contributed by atoms with van der Waals surface area (Å²) in [6.07, 6.45) is -0.739. The number of aromatic nitrogens is 3. The molecule has 72 heavy (non-hydrogen) atoms. The Labute approximate surface area is 412 Å². The number of H-pyrrole nitrogens is 1. The van der Waals surface area contributed by atoms with Crippen LogP contribution in [0.15, 0.2) is 115 Å². The van der Waals surface area contributed by atoms with Gasteiger partial charge in [-0.1, -0.05) is 12.1 Å². The number of benzene rings is 4. The molecular formula is C48H47N5O17PS+. The van der Waals surface area contributed by atoms with E-state index in [1.807, 2.05) is 0 Å². The van der Waals surface area contributed by atoms with Crippen LogP contribution in [0, 0.1) is 6.92 Å². The van der Waals surface area contributed by atoms with Crippen molar-refractivity contribution in [2.75, 3.05) is 26.1 Å². The molecule has 2 unspecified atom stereocenters. The number of aromatic hydroxyl groups is 3. The number of rotatable bonds is 18. The minimum absolute atomic E-state index is 0.0156. The minimum Gasteiger partial charge on any atom is -0.508 e. The molecular weight excluding hydrogens is 982 g/mol. The van der Waals surface area contributed by atoms with Gasteiger partial charge in [-0.15, -0.1) is 11.8 Å². The number of aliphatic hydroxyl groups is 1. The van der Waals surface area contributed by atoms with E-state index >= 15 is 0 Å². The fourth-order valence-corrected chi connectivity index (χ4v) is 9.89. The van der Waals surface area contributed by atoms with E-state index in [0.29, 0.717) is 39.9 Å². The molecule has 1 fully saturated rings. The normalized spacial score (nSPS) is 16.5. The highest BCUT2D eigenvalue weighted by atomic mass is 32.2. The van der Waals surface area contributed by atoms with Gasteiger partial charge in [-0.2, -0.15) is 18.5 Å². The summed E-state index contributed by atoms with van der Waals surface area (Å²) in [7, 11) is -2.73. The summed E-state index contributed by atoms with van der Waals surface area (Å²) in [4.78, 5) is 88.1. The highest BCUT2D eigenvalue weighted by molar-refractivity contribution is 7.99. The Balaban J connectivity index is 0.808. The summed E-state index contributed by atoms with van der Waals surface area (Å²) in [5.74, 6) is -2.85. The summed E-state index contributed by atoms with van der Waals surface area (Å²) in [5, 5.41) is 53.0. The standard InChI is InChI=1S/C48H46N5O17PS/c1-25-23-52(48(64)49-44(25)59)42-21-35(56)38(70-42)24-68-71(65,66-2)67-16-17-72-39-22-41(58)53(46(39)61)28-9-6-26(7-10-28)4-3-5-40(57)50-51-45(60)27-8-13-31(47(62)63)34(18-27)43-32-14-11-29(54)19-36(32)69-37-20-30(55)12-15-33(37)43/h6-15,18-20,22-23,35,38,42,56,65H,3-5,16-17,21,24H2,1-2H3,(H6-,49,50,51,54,55,57,58,59,60,61,62,63,64)/p+1/t35?,38-,42-,71?/m1/s1. The monoisotopic (exact) mass is 1030 g/mol. The second-order valence-electron chi connectivity index (χ2n) is 16.5. The number of amides is 2. The number of carboxylic acids is 1. The van der Waals surface area contributed by atoms with E-state index < -0.39 is 55.6 Å². The molecule has 5 aromatic rings. The third kappa shape index (κ3) is 11.2. The van der Waals surface area contributed by atoms with Crippen LogP contribution in [0.1, 0.15) is 57.3 Å². The maximum absolute atomic E-state index is 13.3. The maximum atomic E-state index is 13.3. The number of aromatic carboxylic acids is 1. The number of hydrogen-bond acceptors (Lipinski definition) is 17. The topological polar surface area (TPSA) is 324 Å². The second-order valence-corrected chi connectivity index (χ2v) is 19.4. The number of fused-ring (bicyclic) bond motifs is 2. The van der Waals surface area contributed by atoms with Gasteiger partial charge < -0.3 is 34.7 Å². The lowest BCUT2D eigenvalue weighted by Crippen LogP contribution is -2.41. The van der Waals surface area contributed by atoms with Crippen LogP contribution in [-0.2, 0) is 29.5 Å². The first-order valence-corrected chi connectivity index (χ1v) is 24.5. The number of carbonyl (C=O) groups excluding carboxylic acids is 2. The first-order valence-electron chi connectivity index (χ1n) is 22.1. The van der Waals surface area contributed by atoms with Gasteiger partial charge in [0.25, 0.3) is 11.5 Å². The molecule has 0 bridgehead atoms.